The highest BCUT2D eigenvalue weighted by Crippen LogP contribution is 2.42. The molecule has 0 N–H and O–H groups in total. The van der Waals surface area contributed by atoms with Crippen molar-refractivity contribution in [3.8, 4) is 0 Å². The van der Waals surface area contributed by atoms with Gasteiger partial charge in [0.2, 0.25) is 0 Å². The first-order valence-corrected chi connectivity index (χ1v) is 7.42. The summed E-state index contributed by atoms with van der Waals surface area (Å²) in [4.78, 5) is 13.5. The fourth-order valence-electron chi connectivity index (χ4n) is 1.45. The van der Waals surface area contributed by atoms with Gasteiger partial charge in [-0.15, -0.1) is 23.5 Å². The second-order valence-corrected chi connectivity index (χ2v) is 7.05. The molecule has 0 aromatic heterocycles. The van der Waals surface area contributed by atoms with Crippen molar-refractivity contribution in [2.24, 2.45) is 5.41 Å². The van der Waals surface area contributed by atoms with Crippen LogP contribution in [0.5, 0.6) is 0 Å². The number of halogens is 1. The molecule has 1 heterocycles. The minimum atomic E-state index is -0.378. The molecule has 2 rings (SSSR count). The smallest absolute Gasteiger partial charge is 0.252 e. The van der Waals surface area contributed by atoms with Gasteiger partial charge in [0.25, 0.3) is 5.24 Å². The highest BCUT2D eigenvalue weighted by Gasteiger charge is 2.24. The molecular weight excluding hydrogens is 260 g/mol. The van der Waals surface area contributed by atoms with Gasteiger partial charge in [0.05, 0.1) is 0 Å². The molecule has 0 fully saturated rings. The third-order valence-electron chi connectivity index (χ3n) is 2.41. The van der Waals surface area contributed by atoms with Gasteiger partial charge in [-0.05, 0) is 35.2 Å². The fourth-order valence-corrected chi connectivity index (χ4v) is 4.13. The summed E-state index contributed by atoms with van der Waals surface area (Å²) in [6, 6.07) is 5.72. The summed E-state index contributed by atoms with van der Waals surface area (Å²) in [6.45, 7) is 4.54. The predicted octanol–water partition coefficient (Wildman–Crippen LogP) is 4.29. The van der Waals surface area contributed by atoms with Crippen molar-refractivity contribution in [1.82, 2.24) is 0 Å². The zero-order chi connectivity index (χ0) is 11.8. The third kappa shape index (κ3) is 2.76. The van der Waals surface area contributed by atoms with Crippen LogP contribution < -0.4 is 0 Å². The number of thioether (sulfide) groups is 2. The second kappa shape index (κ2) is 4.63. The number of hydrogen-bond donors (Lipinski definition) is 0. The van der Waals surface area contributed by atoms with Gasteiger partial charge in [0.15, 0.2) is 0 Å². The first-order chi connectivity index (χ1) is 7.48. The zero-order valence-corrected chi connectivity index (χ0v) is 11.6. The predicted molar refractivity (Wildman–Crippen MR) is 71.9 cm³/mol. The number of rotatable bonds is 1. The van der Waals surface area contributed by atoms with Crippen LogP contribution in [0.25, 0.3) is 0 Å². The number of fused-ring (bicyclic) bond motifs is 1. The van der Waals surface area contributed by atoms with Gasteiger partial charge in [-0.2, -0.15) is 0 Å². The first kappa shape index (κ1) is 12.3. The van der Waals surface area contributed by atoms with Crippen LogP contribution in [0.4, 0.5) is 0 Å². The minimum absolute atomic E-state index is 0.333. The molecule has 86 valence electrons. The Balaban J connectivity index is 2.32. The van der Waals surface area contributed by atoms with Crippen LogP contribution in [0.1, 0.15) is 24.2 Å². The summed E-state index contributed by atoms with van der Waals surface area (Å²) in [5.41, 5.74) is 0.924. The standard InChI is InChI=1S/C12H13ClOS2/c1-12(2)6-15-9-4-3-8(11(13)14)5-10(9)16-7-12/h3-5H,6-7H2,1-2H3. The molecule has 0 unspecified atom stereocenters. The van der Waals surface area contributed by atoms with Crippen LogP contribution in [0, 0.1) is 5.41 Å². The molecule has 4 heteroatoms. The number of carbonyl (C=O) groups excluding carboxylic acids is 1. The molecule has 1 aromatic carbocycles. The highest BCUT2D eigenvalue weighted by atomic mass is 35.5. The van der Waals surface area contributed by atoms with Gasteiger partial charge in [-0.25, -0.2) is 0 Å². The van der Waals surface area contributed by atoms with Crippen molar-refractivity contribution in [2.75, 3.05) is 11.5 Å². The summed E-state index contributed by atoms with van der Waals surface area (Å²) < 4.78 is 0. The van der Waals surface area contributed by atoms with Crippen molar-refractivity contribution in [3.05, 3.63) is 23.8 Å². The van der Waals surface area contributed by atoms with Crippen LogP contribution in [0.15, 0.2) is 28.0 Å². The molecule has 0 spiro atoms. The topological polar surface area (TPSA) is 17.1 Å². The van der Waals surface area contributed by atoms with E-state index in [1.165, 1.54) is 9.79 Å². The fraction of sp³-hybridized carbons (Fsp3) is 0.417. The average molecular weight is 273 g/mol. The Labute approximate surface area is 109 Å². The molecule has 0 atom stereocenters. The van der Waals surface area contributed by atoms with Gasteiger partial charge >= 0.3 is 0 Å². The van der Waals surface area contributed by atoms with E-state index >= 15 is 0 Å². The normalized spacial score (nSPS) is 18.7. The Morgan fingerprint density at radius 1 is 1.25 bits per heavy atom. The van der Waals surface area contributed by atoms with Crippen LogP contribution in [-0.2, 0) is 0 Å². The van der Waals surface area contributed by atoms with E-state index in [4.69, 9.17) is 11.6 Å². The van der Waals surface area contributed by atoms with Gasteiger partial charge in [-0.1, -0.05) is 13.8 Å². The quantitative estimate of drug-likeness (QED) is 0.710. The molecule has 1 aliphatic heterocycles. The highest BCUT2D eigenvalue weighted by molar-refractivity contribution is 8.03. The maximum Gasteiger partial charge on any atom is 0.252 e. The van der Waals surface area contributed by atoms with Gasteiger partial charge in [0, 0.05) is 26.9 Å². The van der Waals surface area contributed by atoms with Crippen molar-refractivity contribution < 1.29 is 4.79 Å². The van der Waals surface area contributed by atoms with Gasteiger partial charge < -0.3 is 0 Å². The lowest BCUT2D eigenvalue weighted by molar-refractivity contribution is 0.108. The maximum atomic E-state index is 11.1. The molecule has 0 bridgehead atoms. The molecule has 1 aromatic rings. The SMILES string of the molecule is CC1(C)CSc2ccc(C(=O)Cl)cc2SC1. The molecule has 1 nitrogen and oxygen atoms in total. The van der Waals surface area contributed by atoms with Gasteiger partial charge in [0.1, 0.15) is 0 Å². The Hall–Kier alpha value is -0.120. The molecule has 0 aliphatic carbocycles. The molecular formula is C12H13ClOS2. The van der Waals surface area contributed by atoms with Crippen LogP contribution in [-0.4, -0.2) is 16.7 Å². The van der Waals surface area contributed by atoms with E-state index in [0.29, 0.717) is 11.0 Å². The van der Waals surface area contributed by atoms with Crippen molar-refractivity contribution in [3.63, 3.8) is 0 Å². The van der Waals surface area contributed by atoms with Crippen LogP contribution >= 0.6 is 35.1 Å². The molecule has 16 heavy (non-hydrogen) atoms. The molecule has 0 saturated heterocycles. The Morgan fingerprint density at radius 3 is 2.50 bits per heavy atom. The van der Waals surface area contributed by atoms with Crippen LogP contribution in [0.3, 0.4) is 0 Å². The second-order valence-electron chi connectivity index (χ2n) is 4.68. The summed E-state index contributed by atoms with van der Waals surface area (Å²) >= 11 is 9.17. The summed E-state index contributed by atoms with van der Waals surface area (Å²) in [5, 5.41) is -0.378. The van der Waals surface area contributed by atoms with E-state index in [2.05, 4.69) is 13.8 Å². The van der Waals surface area contributed by atoms with Crippen molar-refractivity contribution in [1.29, 1.82) is 0 Å². The third-order valence-corrected chi connectivity index (χ3v) is 5.92. The largest absolute Gasteiger partial charge is 0.276 e. The Kier molecular flexibility index (Phi) is 3.57. The first-order valence-electron chi connectivity index (χ1n) is 5.07. The number of benzene rings is 1. The summed E-state index contributed by atoms with van der Waals surface area (Å²) in [6.07, 6.45) is 0. The number of carbonyl (C=O) groups is 1. The molecule has 0 radical (unpaired) electrons. The lowest BCUT2D eigenvalue weighted by atomic mass is 10.0. The summed E-state index contributed by atoms with van der Waals surface area (Å²) in [5.74, 6) is 2.19. The average Bonchev–Trinajstić information content (AvgIpc) is 2.38. The maximum absolute atomic E-state index is 11.1. The van der Waals surface area contributed by atoms with E-state index < -0.39 is 0 Å². The van der Waals surface area contributed by atoms with E-state index in [1.54, 1.807) is 6.07 Å². The molecule has 1 aliphatic rings. The Morgan fingerprint density at radius 2 is 1.88 bits per heavy atom. The van der Waals surface area contributed by atoms with E-state index in [0.717, 1.165) is 11.5 Å². The lowest BCUT2D eigenvalue weighted by Gasteiger charge is -2.19. The summed E-state index contributed by atoms with van der Waals surface area (Å²) in [7, 11) is 0. The molecule has 0 saturated carbocycles. The monoisotopic (exact) mass is 272 g/mol. The van der Waals surface area contributed by atoms with Crippen LogP contribution in [0.2, 0.25) is 0 Å². The van der Waals surface area contributed by atoms with E-state index in [9.17, 15) is 4.79 Å². The van der Waals surface area contributed by atoms with E-state index in [-0.39, 0.29) is 5.24 Å². The molecule has 0 amide bonds. The van der Waals surface area contributed by atoms with Crippen molar-refractivity contribution in [2.45, 2.75) is 23.6 Å². The van der Waals surface area contributed by atoms with E-state index in [1.807, 2.05) is 35.7 Å². The van der Waals surface area contributed by atoms with Crippen molar-refractivity contribution >= 4 is 40.4 Å². The number of hydrogen-bond acceptors (Lipinski definition) is 3. The van der Waals surface area contributed by atoms with Gasteiger partial charge in [-0.3, -0.25) is 4.79 Å². The Bertz CT molecular complexity index is 429. The zero-order valence-electron chi connectivity index (χ0n) is 9.25. The lowest BCUT2D eigenvalue weighted by Crippen LogP contribution is -2.16. The minimum Gasteiger partial charge on any atom is -0.276 e.